The molecule has 0 aliphatic heterocycles. The number of aliphatic carboxylic acids is 1. The summed E-state index contributed by atoms with van der Waals surface area (Å²) in [4.78, 5) is 11.5. The van der Waals surface area contributed by atoms with Gasteiger partial charge >= 0.3 is 5.97 Å². The van der Waals surface area contributed by atoms with Gasteiger partial charge in [-0.15, -0.1) is 0 Å². The van der Waals surface area contributed by atoms with E-state index in [1.165, 1.54) is 0 Å². The van der Waals surface area contributed by atoms with Crippen molar-refractivity contribution in [1.82, 2.24) is 0 Å². The van der Waals surface area contributed by atoms with E-state index in [1.54, 1.807) is 6.07 Å². The Bertz CT molecular complexity index is 392. The maximum absolute atomic E-state index is 11.5. The number of carbonyl (C=O) groups is 1. The highest BCUT2D eigenvalue weighted by atomic mass is 16.4. The Morgan fingerprint density at radius 2 is 2.06 bits per heavy atom. The minimum atomic E-state index is -1.09. The first kappa shape index (κ1) is 13.7. The lowest BCUT2D eigenvalue weighted by Gasteiger charge is -2.29. The van der Waals surface area contributed by atoms with Crippen molar-refractivity contribution in [3.63, 3.8) is 0 Å². The zero-order valence-corrected chi connectivity index (χ0v) is 10.0. The summed E-state index contributed by atoms with van der Waals surface area (Å²) >= 11 is 0. The van der Waals surface area contributed by atoms with Crippen molar-refractivity contribution >= 4 is 5.97 Å². The summed E-state index contributed by atoms with van der Waals surface area (Å²) in [6.07, 6.45) is 0.776. The van der Waals surface area contributed by atoms with Crippen molar-refractivity contribution in [1.29, 1.82) is 0 Å². The second-order valence-corrected chi connectivity index (χ2v) is 4.23. The highest BCUT2D eigenvalue weighted by Gasteiger charge is 2.39. The maximum atomic E-state index is 11.5. The number of benzene rings is 1. The number of carboxylic acids is 1. The van der Waals surface area contributed by atoms with Crippen LogP contribution < -0.4 is 5.73 Å². The molecule has 0 fully saturated rings. The molecule has 94 valence electrons. The van der Waals surface area contributed by atoms with Crippen LogP contribution in [0.5, 0.6) is 0 Å². The molecule has 1 rings (SSSR count). The normalized spacial score (nSPS) is 14.3. The first-order chi connectivity index (χ1) is 8.08. The summed E-state index contributed by atoms with van der Waals surface area (Å²) in [7, 11) is 0. The van der Waals surface area contributed by atoms with Crippen LogP contribution in [0.25, 0.3) is 0 Å². The van der Waals surface area contributed by atoms with Gasteiger partial charge in [-0.1, -0.05) is 24.3 Å². The van der Waals surface area contributed by atoms with Crippen molar-refractivity contribution in [3.05, 3.63) is 35.4 Å². The van der Waals surface area contributed by atoms with Crippen molar-refractivity contribution in [3.8, 4) is 0 Å². The van der Waals surface area contributed by atoms with Crippen molar-refractivity contribution in [2.24, 2.45) is 5.73 Å². The molecule has 1 atom stereocenters. The second-order valence-electron chi connectivity index (χ2n) is 4.23. The molecule has 0 saturated carbocycles. The summed E-state index contributed by atoms with van der Waals surface area (Å²) in [5.74, 6) is -0.928. The average Bonchev–Trinajstić information content (AvgIpc) is 2.32. The molecule has 4 nitrogen and oxygen atoms in total. The van der Waals surface area contributed by atoms with Gasteiger partial charge in [-0.3, -0.25) is 4.79 Å². The lowest BCUT2D eigenvalue weighted by molar-refractivity contribution is -0.144. The van der Waals surface area contributed by atoms with E-state index < -0.39 is 11.4 Å². The number of nitrogens with two attached hydrogens (primary N) is 1. The summed E-state index contributed by atoms with van der Waals surface area (Å²) < 4.78 is 0. The lowest BCUT2D eigenvalue weighted by atomic mass is 9.75. The molecule has 0 amide bonds. The van der Waals surface area contributed by atoms with E-state index in [2.05, 4.69) is 0 Å². The number of hydrogen-bond donors (Lipinski definition) is 3. The summed E-state index contributed by atoms with van der Waals surface area (Å²) in [6, 6.07) is 7.36. The van der Waals surface area contributed by atoms with Crippen LogP contribution in [0.15, 0.2) is 24.3 Å². The van der Waals surface area contributed by atoms with Crippen molar-refractivity contribution in [2.45, 2.75) is 25.2 Å². The van der Waals surface area contributed by atoms with E-state index in [9.17, 15) is 9.90 Å². The first-order valence-electron chi connectivity index (χ1n) is 5.69. The van der Waals surface area contributed by atoms with Gasteiger partial charge in [0.05, 0.1) is 0 Å². The Balaban J connectivity index is 3.22. The number of hydrogen-bond acceptors (Lipinski definition) is 3. The summed E-state index contributed by atoms with van der Waals surface area (Å²) in [6.45, 7) is 1.88. The van der Waals surface area contributed by atoms with Crippen LogP contribution in [-0.4, -0.2) is 29.3 Å². The van der Waals surface area contributed by atoms with Gasteiger partial charge in [0.15, 0.2) is 0 Å². The number of aryl methyl sites for hydroxylation is 1. The molecule has 0 saturated heterocycles. The van der Waals surface area contributed by atoms with Crippen LogP contribution in [0.1, 0.15) is 24.0 Å². The quantitative estimate of drug-likeness (QED) is 0.690. The summed E-state index contributed by atoms with van der Waals surface area (Å²) in [5.41, 5.74) is 6.25. The molecular formula is C13H19NO3. The molecule has 1 aromatic rings. The molecule has 0 aliphatic rings. The van der Waals surface area contributed by atoms with Crippen molar-refractivity contribution < 1.29 is 15.0 Å². The Labute approximate surface area is 101 Å². The second kappa shape index (κ2) is 5.80. The van der Waals surface area contributed by atoms with Crippen LogP contribution >= 0.6 is 0 Å². The molecule has 0 aromatic heterocycles. The fourth-order valence-electron chi connectivity index (χ4n) is 2.15. The van der Waals surface area contributed by atoms with E-state index in [0.29, 0.717) is 12.8 Å². The van der Waals surface area contributed by atoms with Crippen molar-refractivity contribution in [2.75, 3.05) is 13.2 Å². The van der Waals surface area contributed by atoms with Gasteiger partial charge in [-0.2, -0.15) is 0 Å². The van der Waals surface area contributed by atoms with Crippen LogP contribution in [-0.2, 0) is 10.2 Å². The Hall–Kier alpha value is -1.39. The van der Waals surface area contributed by atoms with E-state index in [0.717, 1.165) is 11.1 Å². The lowest BCUT2D eigenvalue weighted by Crippen LogP contribution is -2.43. The molecule has 4 heteroatoms. The van der Waals surface area contributed by atoms with Crippen LogP contribution in [0.2, 0.25) is 0 Å². The topological polar surface area (TPSA) is 83.5 Å². The smallest absolute Gasteiger partial charge is 0.315 e. The van der Waals surface area contributed by atoms with Gasteiger partial charge in [0.25, 0.3) is 0 Å². The molecule has 1 unspecified atom stereocenters. The van der Waals surface area contributed by atoms with Gasteiger partial charge in [0.1, 0.15) is 5.41 Å². The van der Waals surface area contributed by atoms with E-state index in [1.807, 2.05) is 25.1 Å². The minimum Gasteiger partial charge on any atom is -0.481 e. The molecule has 0 bridgehead atoms. The third-order valence-electron chi connectivity index (χ3n) is 3.18. The summed E-state index contributed by atoms with van der Waals surface area (Å²) in [5, 5.41) is 18.4. The number of rotatable bonds is 6. The zero-order valence-electron chi connectivity index (χ0n) is 10.0. The largest absolute Gasteiger partial charge is 0.481 e. The molecule has 1 aromatic carbocycles. The predicted molar refractivity (Wildman–Crippen MR) is 65.9 cm³/mol. The van der Waals surface area contributed by atoms with Crippen LogP contribution in [0.4, 0.5) is 0 Å². The van der Waals surface area contributed by atoms with E-state index in [-0.39, 0.29) is 13.2 Å². The molecule has 0 spiro atoms. The fourth-order valence-corrected chi connectivity index (χ4v) is 2.15. The molecule has 0 heterocycles. The molecule has 0 aliphatic carbocycles. The van der Waals surface area contributed by atoms with E-state index in [4.69, 9.17) is 10.8 Å². The Morgan fingerprint density at radius 1 is 1.41 bits per heavy atom. The minimum absolute atomic E-state index is 0.0269. The zero-order chi connectivity index (χ0) is 12.9. The Kier molecular flexibility index (Phi) is 4.66. The molecule has 4 N–H and O–H groups in total. The molecular weight excluding hydrogens is 218 g/mol. The Morgan fingerprint density at radius 3 is 2.53 bits per heavy atom. The maximum Gasteiger partial charge on any atom is 0.315 e. The standard InChI is InChI=1S/C13H19NO3/c1-10-5-2-3-6-11(10)13(9-14,12(16)17)7-4-8-15/h2-3,5-6,15H,4,7-9,14H2,1H3,(H,16,17). The molecule has 17 heavy (non-hydrogen) atoms. The fraction of sp³-hybridized carbons (Fsp3) is 0.462. The van der Waals surface area contributed by atoms with Gasteiger partial charge in [0, 0.05) is 13.2 Å². The van der Waals surface area contributed by atoms with Gasteiger partial charge in [-0.25, -0.2) is 0 Å². The number of carboxylic acid groups (broad SMARTS) is 1. The van der Waals surface area contributed by atoms with Gasteiger partial charge in [0.2, 0.25) is 0 Å². The monoisotopic (exact) mass is 237 g/mol. The highest BCUT2D eigenvalue weighted by Crippen LogP contribution is 2.31. The number of aliphatic hydroxyl groups excluding tert-OH is 1. The number of aliphatic hydroxyl groups is 1. The van der Waals surface area contributed by atoms with Crippen LogP contribution in [0.3, 0.4) is 0 Å². The average molecular weight is 237 g/mol. The SMILES string of the molecule is Cc1ccccc1C(CN)(CCCO)C(=O)O. The molecule has 0 radical (unpaired) electrons. The predicted octanol–water partition coefficient (Wildman–Crippen LogP) is 1.05. The first-order valence-corrected chi connectivity index (χ1v) is 5.69. The highest BCUT2D eigenvalue weighted by molar-refractivity contribution is 5.82. The van der Waals surface area contributed by atoms with E-state index >= 15 is 0 Å². The van der Waals surface area contributed by atoms with Gasteiger partial charge in [-0.05, 0) is 30.9 Å². The van der Waals surface area contributed by atoms with Gasteiger partial charge < -0.3 is 15.9 Å². The van der Waals surface area contributed by atoms with Crippen LogP contribution in [0, 0.1) is 6.92 Å². The third-order valence-corrected chi connectivity index (χ3v) is 3.18. The third kappa shape index (κ3) is 2.65.